The molecule has 2 N–H and O–H groups in total. The molecular formula is C15H26N4O. The highest BCUT2D eigenvalue weighted by Gasteiger charge is 2.06. The van der Waals surface area contributed by atoms with Crippen molar-refractivity contribution in [3.05, 3.63) is 23.9 Å². The summed E-state index contributed by atoms with van der Waals surface area (Å²) < 4.78 is 0. The number of nitrogens with one attached hydrogen (secondary N) is 2. The summed E-state index contributed by atoms with van der Waals surface area (Å²) in [6, 6.07) is 3.62. The number of carbonyl (C=O) groups excluding carboxylic acids is 1. The van der Waals surface area contributed by atoms with Crippen LogP contribution in [0.4, 0.5) is 5.82 Å². The lowest BCUT2D eigenvalue weighted by molar-refractivity contribution is 0.0948. The van der Waals surface area contributed by atoms with Crippen molar-refractivity contribution in [1.82, 2.24) is 15.2 Å². The summed E-state index contributed by atoms with van der Waals surface area (Å²) >= 11 is 0. The van der Waals surface area contributed by atoms with E-state index in [9.17, 15) is 4.79 Å². The minimum absolute atomic E-state index is 0.0619. The van der Waals surface area contributed by atoms with Crippen LogP contribution >= 0.6 is 0 Å². The lowest BCUT2D eigenvalue weighted by Crippen LogP contribution is -2.35. The van der Waals surface area contributed by atoms with Crippen LogP contribution < -0.4 is 10.6 Å². The summed E-state index contributed by atoms with van der Waals surface area (Å²) in [7, 11) is 0. The molecule has 0 fully saturated rings. The first-order valence-electron chi connectivity index (χ1n) is 7.41. The molecule has 1 heterocycles. The van der Waals surface area contributed by atoms with Crippen molar-refractivity contribution in [2.24, 2.45) is 0 Å². The van der Waals surface area contributed by atoms with E-state index >= 15 is 0 Å². The van der Waals surface area contributed by atoms with Crippen molar-refractivity contribution < 1.29 is 4.79 Å². The fourth-order valence-electron chi connectivity index (χ4n) is 1.99. The first kappa shape index (κ1) is 16.4. The molecule has 0 aliphatic rings. The number of amides is 1. The van der Waals surface area contributed by atoms with E-state index in [1.165, 1.54) is 0 Å². The molecule has 0 spiro atoms. The molecule has 20 heavy (non-hydrogen) atoms. The van der Waals surface area contributed by atoms with Crippen LogP contribution in [0.2, 0.25) is 0 Å². The van der Waals surface area contributed by atoms with Gasteiger partial charge in [0.05, 0.1) is 5.56 Å². The number of anilines is 1. The topological polar surface area (TPSA) is 57.3 Å². The van der Waals surface area contributed by atoms with Crippen LogP contribution in [0.1, 0.15) is 37.6 Å². The highest BCUT2D eigenvalue weighted by atomic mass is 16.1. The van der Waals surface area contributed by atoms with Gasteiger partial charge < -0.3 is 15.5 Å². The number of aromatic nitrogens is 1. The summed E-state index contributed by atoms with van der Waals surface area (Å²) in [5.41, 5.74) is 0.602. The lowest BCUT2D eigenvalue weighted by Gasteiger charge is -2.19. The maximum atomic E-state index is 12.0. The first-order valence-corrected chi connectivity index (χ1v) is 7.41. The fourth-order valence-corrected chi connectivity index (χ4v) is 1.99. The van der Waals surface area contributed by atoms with Gasteiger partial charge in [0.25, 0.3) is 5.91 Å². The van der Waals surface area contributed by atoms with Gasteiger partial charge >= 0.3 is 0 Å². The summed E-state index contributed by atoms with van der Waals surface area (Å²) in [6.07, 6.45) is 2.74. The molecule has 1 aromatic heterocycles. The normalized spacial score (nSPS) is 10.6. The predicted octanol–water partition coefficient (Wildman–Crippen LogP) is 1.98. The van der Waals surface area contributed by atoms with Crippen LogP contribution in [0, 0.1) is 0 Å². The van der Waals surface area contributed by atoms with Gasteiger partial charge in [0.1, 0.15) is 5.82 Å². The zero-order valence-corrected chi connectivity index (χ0v) is 12.8. The molecule has 0 radical (unpaired) electrons. The molecule has 0 bridgehead atoms. The number of carbonyl (C=O) groups is 1. The number of pyridine rings is 1. The second kappa shape index (κ2) is 9.31. The van der Waals surface area contributed by atoms with E-state index < -0.39 is 0 Å². The molecule has 0 atom stereocenters. The Hall–Kier alpha value is -1.62. The quantitative estimate of drug-likeness (QED) is 0.725. The summed E-state index contributed by atoms with van der Waals surface area (Å²) in [6.45, 7) is 10.8. The Labute approximate surface area is 121 Å². The Morgan fingerprint density at radius 1 is 1.25 bits per heavy atom. The highest BCUT2D eigenvalue weighted by Crippen LogP contribution is 2.04. The van der Waals surface area contributed by atoms with Crippen LogP contribution in [-0.4, -0.2) is 48.5 Å². The van der Waals surface area contributed by atoms with Gasteiger partial charge in [-0.3, -0.25) is 4.79 Å². The molecular weight excluding hydrogens is 252 g/mol. The van der Waals surface area contributed by atoms with Crippen molar-refractivity contribution in [3.8, 4) is 0 Å². The Morgan fingerprint density at radius 3 is 2.60 bits per heavy atom. The third-order valence-electron chi connectivity index (χ3n) is 3.08. The number of hydrogen-bond donors (Lipinski definition) is 2. The number of hydrogen-bond acceptors (Lipinski definition) is 4. The second-order valence-electron chi connectivity index (χ2n) is 4.65. The molecule has 0 unspecified atom stereocenters. The van der Waals surface area contributed by atoms with Crippen LogP contribution in [0.5, 0.6) is 0 Å². The van der Waals surface area contributed by atoms with Crippen molar-refractivity contribution >= 4 is 11.7 Å². The van der Waals surface area contributed by atoms with E-state index in [2.05, 4.69) is 34.4 Å². The van der Waals surface area contributed by atoms with Crippen molar-refractivity contribution in [2.75, 3.05) is 38.0 Å². The van der Waals surface area contributed by atoms with Gasteiger partial charge in [-0.05, 0) is 38.6 Å². The molecule has 112 valence electrons. The first-order chi connectivity index (χ1) is 9.71. The zero-order chi connectivity index (χ0) is 14.8. The molecule has 0 aliphatic carbocycles. The minimum atomic E-state index is -0.0619. The van der Waals surface area contributed by atoms with Gasteiger partial charge in [-0.15, -0.1) is 0 Å². The Kier molecular flexibility index (Phi) is 7.65. The smallest absolute Gasteiger partial charge is 0.252 e. The third kappa shape index (κ3) is 5.57. The predicted molar refractivity (Wildman–Crippen MR) is 83.1 cm³/mol. The Bertz CT molecular complexity index is 391. The van der Waals surface area contributed by atoms with Crippen LogP contribution in [-0.2, 0) is 0 Å². The Balaban J connectivity index is 2.38. The summed E-state index contributed by atoms with van der Waals surface area (Å²) in [5.74, 6) is 0.734. The van der Waals surface area contributed by atoms with Gasteiger partial charge in [-0.25, -0.2) is 4.98 Å². The number of nitrogens with zero attached hydrogens (tertiary/aromatic N) is 2. The summed E-state index contributed by atoms with van der Waals surface area (Å²) in [4.78, 5) is 18.5. The average molecular weight is 278 g/mol. The van der Waals surface area contributed by atoms with E-state index in [0.29, 0.717) is 12.1 Å². The molecule has 0 aromatic carbocycles. The molecule has 1 amide bonds. The van der Waals surface area contributed by atoms with Gasteiger partial charge in [0, 0.05) is 25.8 Å². The molecule has 0 aliphatic heterocycles. The minimum Gasteiger partial charge on any atom is -0.370 e. The van der Waals surface area contributed by atoms with E-state index in [0.717, 1.165) is 38.4 Å². The van der Waals surface area contributed by atoms with E-state index in [1.807, 2.05) is 13.0 Å². The SMILES string of the molecule is CCCN(CC)CCNC(=O)c1ccc(NCC)nc1. The number of rotatable bonds is 9. The van der Waals surface area contributed by atoms with Crippen molar-refractivity contribution in [3.63, 3.8) is 0 Å². The fraction of sp³-hybridized carbons (Fsp3) is 0.600. The highest BCUT2D eigenvalue weighted by molar-refractivity contribution is 5.94. The summed E-state index contributed by atoms with van der Waals surface area (Å²) in [5, 5.41) is 6.04. The van der Waals surface area contributed by atoms with Crippen molar-refractivity contribution in [1.29, 1.82) is 0 Å². The maximum absolute atomic E-state index is 12.0. The van der Waals surface area contributed by atoms with Crippen LogP contribution in [0.15, 0.2) is 18.3 Å². The third-order valence-corrected chi connectivity index (χ3v) is 3.08. The zero-order valence-electron chi connectivity index (χ0n) is 12.8. The van der Waals surface area contributed by atoms with Gasteiger partial charge in [-0.2, -0.15) is 0 Å². The van der Waals surface area contributed by atoms with E-state index in [1.54, 1.807) is 12.3 Å². The average Bonchev–Trinajstić information content (AvgIpc) is 2.47. The lowest BCUT2D eigenvalue weighted by atomic mass is 10.2. The van der Waals surface area contributed by atoms with Crippen LogP contribution in [0.25, 0.3) is 0 Å². The second-order valence-corrected chi connectivity index (χ2v) is 4.65. The van der Waals surface area contributed by atoms with Crippen LogP contribution in [0.3, 0.4) is 0 Å². The van der Waals surface area contributed by atoms with E-state index in [-0.39, 0.29) is 5.91 Å². The van der Waals surface area contributed by atoms with Gasteiger partial charge in [-0.1, -0.05) is 13.8 Å². The standard InChI is InChI=1S/C15H26N4O/c1-4-10-19(6-3)11-9-17-15(20)13-7-8-14(16-5-2)18-12-13/h7-8,12H,4-6,9-11H2,1-3H3,(H,16,18)(H,17,20). The molecule has 1 rings (SSSR count). The monoisotopic (exact) mass is 278 g/mol. The van der Waals surface area contributed by atoms with Gasteiger partial charge in [0.15, 0.2) is 0 Å². The molecule has 1 aromatic rings. The van der Waals surface area contributed by atoms with Crippen molar-refractivity contribution in [2.45, 2.75) is 27.2 Å². The molecule has 5 nitrogen and oxygen atoms in total. The largest absolute Gasteiger partial charge is 0.370 e. The van der Waals surface area contributed by atoms with E-state index in [4.69, 9.17) is 0 Å². The Morgan fingerprint density at radius 2 is 2.05 bits per heavy atom. The molecule has 0 saturated heterocycles. The number of likely N-dealkylation sites (N-methyl/N-ethyl adjacent to an activating group) is 1. The maximum Gasteiger partial charge on any atom is 0.252 e. The van der Waals surface area contributed by atoms with Gasteiger partial charge in [0.2, 0.25) is 0 Å². The molecule has 0 saturated carbocycles. The molecule has 5 heteroatoms.